The SMILES string of the molecule is COc1c(C)cnc(CC(=O)CC(C)CN)c1C. The van der Waals surface area contributed by atoms with Crippen molar-refractivity contribution in [2.75, 3.05) is 13.7 Å². The second-order valence-electron chi connectivity index (χ2n) is 4.81. The van der Waals surface area contributed by atoms with Gasteiger partial charge in [-0.2, -0.15) is 0 Å². The molecule has 1 unspecified atom stereocenters. The van der Waals surface area contributed by atoms with E-state index in [1.54, 1.807) is 13.3 Å². The maximum atomic E-state index is 11.9. The van der Waals surface area contributed by atoms with Crippen molar-refractivity contribution in [2.24, 2.45) is 11.7 Å². The molecule has 0 bridgehead atoms. The fourth-order valence-electron chi connectivity index (χ4n) is 1.98. The number of ketones is 1. The van der Waals surface area contributed by atoms with Gasteiger partial charge in [0.25, 0.3) is 0 Å². The van der Waals surface area contributed by atoms with Crippen LogP contribution in [0.3, 0.4) is 0 Å². The van der Waals surface area contributed by atoms with E-state index >= 15 is 0 Å². The fraction of sp³-hybridized carbons (Fsp3) is 0.571. The van der Waals surface area contributed by atoms with Crippen molar-refractivity contribution in [3.63, 3.8) is 0 Å². The lowest BCUT2D eigenvalue weighted by atomic mass is 10.00. The van der Waals surface area contributed by atoms with Crippen LogP contribution in [0.1, 0.15) is 30.2 Å². The molecule has 4 heteroatoms. The van der Waals surface area contributed by atoms with Crippen LogP contribution in [0.25, 0.3) is 0 Å². The standard InChI is InChI=1S/C14H22N2O2/c1-9(7-15)5-12(17)6-13-11(3)14(18-4)10(2)8-16-13/h8-9H,5-7,15H2,1-4H3. The maximum absolute atomic E-state index is 11.9. The van der Waals surface area contributed by atoms with Crippen LogP contribution in [0.2, 0.25) is 0 Å². The summed E-state index contributed by atoms with van der Waals surface area (Å²) in [6.07, 6.45) is 2.61. The molecule has 1 aromatic rings. The van der Waals surface area contributed by atoms with Crippen molar-refractivity contribution >= 4 is 5.78 Å². The van der Waals surface area contributed by atoms with E-state index in [2.05, 4.69) is 4.98 Å². The predicted octanol–water partition coefficient (Wildman–Crippen LogP) is 1.80. The molecule has 1 rings (SSSR count). The Morgan fingerprint density at radius 1 is 1.50 bits per heavy atom. The molecule has 0 saturated heterocycles. The minimum Gasteiger partial charge on any atom is -0.496 e. The number of Topliss-reactive ketones (excluding diaryl/α,β-unsaturated/α-hetero) is 1. The summed E-state index contributed by atoms with van der Waals surface area (Å²) in [5.74, 6) is 1.22. The Bertz CT molecular complexity index is 430. The number of hydrogen-bond donors (Lipinski definition) is 1. The molecule has 0 aliphatic heterocycles. The summed E-state index contributed by atoms with van der Waals surface area (Å²) in [6.45, 7) is 6.40. The van der Waals surface area contributed by atoms with Gasteiger partial charge in [-0.25, -0.2) is 0 Å². The highest BCUT2D eigenvalue weighted by molar-refractivity contribution is 5.81. The van der Waals surface area contributed by atoms with Crippen molar-refractivity contribution in [1.82, 2.24) is 4.98 Å². The zero-order valence-corrected chi connectivity index (χ0v) is 11.6. The zero-order valence-electron chi connectivity index (χ0n) is 11.6. The van der Waals surface area contributed by atoms with E-state index in [9.17, 15) is 4.79 Å². The zero-order chi connectivity index (χ0) is 13.7. The molecule has 4 nitrogen and oxygen atoms in total. The van der Waals surface area contributed by atoms with Gasteiger partial charge in [-0.15, -0.1) is 0 Å². The van der Waals surface area contributed by atoms with Crippen molar-refractivity contribution < 1.29 is 9.53 Å². The number of methoxy groups -OCH3 is 1. The van der Waals surface area contributed by atoms with Crippen molar-refractivity contribution in [3.05, 3.63) is 23.0 Å². The molecular formula is C14H22N2O2. The Balaban J connectivity index is 2.82. The number of aromatic nitrogens is 1. The number of rotatable bonds is 6. The van der Waals surface area contributed by atoms with E-state index in [0.717, 1.165) is 22.6 Å². The van der Waals surface area contributed by atoms with Gasteiger partial charge < -0.3 is 10.5 Å². The molecule has 0 fully saturated rings. The smallest absolute Gasteiger partial charge is 0.139 e. The summed E-state index contributed by atoms with van der Waals surface area (Å²) in [4.78, 5) is 16.2. The first-order valence-corrected chi connectivity index (χ1v) is 6.20. The molecule has 1 atom stereocenters. The molecule has 100 valence electrons. The number of hydrogen-bond acceptors (Lipinski definition) is 4. The number of carbonyl (C=O) groups is 1. The number of aryl methyl sites for hydroxylation is 1. The Hall–Kier alpha value is -1.42. The summed E-state index contributed by atoms with van der Waals surface area (Å²) >= 11 is 0. The first-order chi connectivity index (χ1) is 8.49. The van der Waals surface area contributed by atoms with E-state index in [1.807, 2.05) is 20.8 Å². The van der Waals surface area contributed by atoms with E-state index in [-0.39, 0.29) is 11.7 Å². The third-order valence-corrected chi connectivity index (χ3v) is 3.09. The second-order valence-corrected chi connectivity index (χ2v) is 4.81. The summed E-state index contributed by atoms with van der Waals surface area (Å²) in [6, 6.07) is 0. The minimum atomic E-state index is 0.175. The first kappa shape index (κ1) is 14.6. The lowest BCUT2D eigenvalue weighted by Gasteiger charge is -2.12. The van der Waals surface area contributed by atoms with Crippen LogP contribution in [0.15, 0.2) is 6.20 Å². The molecule has 0 spiro atoms. The van der Waals surface area contributed by atoms with Gasteiger partial charge in [0.05, 0.1) is 12.8 Å². The Labute approximate surface area is 109 Å². The number of pyridine rings is 1. The highest BCUT2D eigenvalue weighted by Gasteiger charge is 2.14. The topological polar surface area (TPSA) is 65.2 Å². The quantitative estimate of drug-likeness (QED) is 0.836. The highest BCUT2D eigenvalue weighted by atomic mass is 16.5. The van der Waals surface area contributed by atoms with Gasteiger partial charge in [0.2, 0.25) is 0 Å². The monoisotopic (exact) mass is 250 g/mol. The van der Waals surface area contributed by atoms with Crippen LogP contribution in [0.5, 0.6) is 5.75 Å². The minimum absolute atomic E-state index is 0.175. The van der Waals surface area contributed by atoms with Crippen LogP contribution >= 0.6 is 0 Å². The lowest BCUT2D eigenvalue weighted by molar-refractivity contribution is -0.119. The maximum Gasteiger partial charge on any atom is 0.139 e. The van der Waals surface area contributed by atoms with Crippen LogP contribution in [0, 0.1) is 19.8 Å². The average molecular weight is 250 g/mol. The largest absolute Gasteiger partial charge is 0.496 e. The number of nitrogens with zero attached hydrogens (tertiary/aromatic N) is 1. The van der Waals surface area contributed by atoms with Crippen LogP contribution in [0.4, 0.5) is 0 Å². The van der Waals surface area contributed by atoms with Gasteiger partial charge in [0.15, 0.2) is 0 Å². The number of nitrogens with two attached hydrogens (primary N) is 1. The van der Waals surface area contributed by atoms with Crippen LogP contribution < -0.4 is 10.5 Å². The van der Waals surface area contributed by atoms with Gasteiger partial charge in [-0.1, -0.05) is 6.92 Å². The predicted molar refractivity (Wildman–Crippen MR) is 71.8 cm³/mol. The third kappa shape index (κ3) is 3.53. The van der Waals surface area contributed by atoms with Crippen molar-refractivity contribution in [3.8, 4) is 5.75 Å². The summed E-state index contributed by atoms with van der Waals surface area (Å²) in [5, 5.41) is 0. The Morgan fingerprint density at radius 2 is 2.17 bits per heavy atom. The molecule has 0 aromatic carbocycles. The molecule has 0 aliphatic carbocycles. The van der Waals surface area contributed by atoms with E-state index in [0.29, 0.717) is 19.4 Å². The van der Waals surface area contributed by atoms with E-state index in [1.165, 1.54) is 0 Å². The average Bonchev–Trinajstić information content (AvgIpc) is 2.33. The molecule has 2 N–H and O–H groups in total. The first-order valence-electron chi connectivity index (χ1n) is 6.20. The molecule has 0 radical (unpaired) electrons. The molecule has 1 aromatic heterocycles. The third-order valence-electron chi connectivity index (χ3n) is 3.09. The number of ether oxygens (including phenoxy) is 1. The van der Waals surface area contributed by atoms with Gasteiger partial charge in [0, 0.05) is 30.2 Å². The molecule has 18 heavy (non-hydrogen) atoms. The molecular weight excluding hydrogens is 228 g/mol. The summed E-state index contributed by atoms with van der Waals surface area (Å²) in [5.41, 5.74) is 8.26. The molecule has 0 aliphatic rings. The summed E-state index contributed by atoms with van der Waals surface area (Å²) in [7, 11) is 1.64. The van der Waals surface area contributed by atoms with Crippen LogP contribution in [-0.2, 0) is 11.2 Å². The Kier molecular flexibility index (Phi) is 5.28. The van der Waals surface area contributed by atoms with E-state index < -0.39 is 0 Å². The van der Waals surface area contributed by atoms with Gasteiger partial charge >= 0.3 is 0 Å². The molecule has 0 amide bonds. The fourth-order valence-corrected chi connectivity index (χ4v) is 1.98. The second kappa shape index (κ2) is 6.50. The molecule has 1 heterocycles. The highest BCUT2D eigenvalue weighted by Crippen LogP contribution is 2.24. The molecule has 0 saturated carbocycles. The van der Waals surface area contributed by atoms with Gasteiger partial charge in [0.1, 0.15) is 11.5 Å². The van der Waals surface area contributed by atoms with Crippen molar-refractivity contribution in [1.29, 1.82) is 0 Å². The Morgan fingerprint density at radius 3 is 2.72 bits per heavy atom. The van der Waals surface area contributed by atoms with Crippen molar-refractivity contribution in [2.45, 2.75) is 33.6 Å². The summed E-state index contributed by atoms with van der Waals surface area (Å²) < 4.78 is 5.33. The van der Waals surface area contributed by atoms with Gasteiger partial charge in [-0.05, 0) is 26.3 Å². The van der Waals surface area contributed by atoms with E-state index in [4.69, 9.17) is 10.5 Å². The normalized spacial score (nSPS) is 12.3. The number of carbonyl (C=O) groups excluding carboxylic acids is 1. The van der Waals surface area contributed by atoms with Crippen LogP contribution in [-0.4, -0.2) is 24.4 Å². The van der Waals surface area contributed by atoms with Gasteiger partial charge in [-0.3, -0.25) is 9.78 Å². The lowest BCUT2D eigenvalue weighted by Crippen LogP contribution is -2.17.